The maximum atomic E-state index is 12.2. The minimum absolute atomic E-state index is 0.159. The second-order valence-electron chi connectivity index (χ2n) is 3.61. The molecule has 93 valence electrons. The molecular weight excluding hydrogens is 229 g/mol. The van der Waals surface area contributed by atoms with Crippen LogP contribution in [0.25, 0.3) is 0 Å². The minimum atomic E-state index is -4.67. The Balaban J connectivity index is 3.10. The van der Waals surface area contributed by atoms with Crippen molar-refractivity contribution >= 4 is 0 Å². The second-order valence-corrected chi connectivity index (χ2v) is 3.61. The molecule has 1 aromatic rings. The minimum Gasteiger partial charge on any atom is -0.405 e. The van der Waals surface area contributed by atoms with Crippen LogP contribution in [-0.4, -0.2) is 6.36 Å². The van der Waals surface area contributed by atoms with E-state index in [0.717, 1.165) is 0 Å². The topological polar surface area (TPSA) is 9.23 Å². The summed E-state index contributed by atoms with van der Waals surface area (Å²) in [7, 11) is 0. The number of rotatable bonds is 4. The highest BCUT2D eigenvalue weighted by Crippen LogP contribution is 2.30. The van der Waals surface area contributed by atoms with Crippen molar-refractivity contribution < 1.29 is 17.9 Å². The number of ether oxygens (including phenoxy) is 1. The third-order valence-electron chi connectivity index (χ3n) is 2.41. The Morgan fingerprint density at radius 2 is 2.06 bits per heavy atom. The molecule has 1 nitrogen and oxygen atoms in total. The number of hydrogen-bond acceptors (Lipinski definition) is 1. The molecule has 0 aliphatic rings. The van der Waals surface area contributed by atoms with E-state index in [2.05, 4.69) is 18.2 Å². The standard InChI is InChI=1S/C13H14F3O/c1-4-9(3)11-7-6-10(5-2)12(8-11)17-13(14,15)16/h4,6-9H,1,3,5H2,2H3. The van der Waals surface area contributed by atoms with Crippen molar-refractivity contribution in [3.8, 4) is 5.75 Å². The Kier molecular flexibility index (Phi) is 4.21. The first-order valence-corrected chi connectivity index (χ1v) is 5.21. The number of alkyl halides is 3. The average molecular weight is 243 g/mol. The number of benzene rings is 1. The van der Waals surface area contributed by atoms with E-state index in [4.69, 9.17) is 0 Å². The van der Waals surface area contributed by atoms with Crippen LogP contribution in [-0.2, 0) is 6.42 Å². The first-order chi connectivity index (χ1) is 7.87. The zero-order valence-corrected chi connectivity index (χ0v) is 9.55. The highest BCUT2D eigenvalue weighted by molar-refractivity contribution is 5.40. The number of hydrogen-bond donors (Lipinski definition) is 0. The van der Waals surface area contributed by atoms with Crippen LogP contribution < -0.4 is 4.74 Å². The second kappa shape index (κ2) is 5.25. The van der Waals surface area contributed by atoms with E-state index in [1.165, 1.54) is 6.07 Å². The molecule has 0 N–H and O–H groups in total. The Morgan fingerprint density at radius 1 is 1.41 bits per heavy atom. The normalized spacial score (nSPS) is 13.2. The summed E-state index contributed by atoms with van der Waals surface area (Å²) in [4.78, 5) is 0. The van der Waals surface area contributed by atoms with E-state index in [1.807, 2.05) is 0 Å². The molecule has 1 atom stereocenters. The Hall–Kier alpha value is -1.45. The lowest BCUT2D eigenvalue weighted by Gasteiger charge is -2.15. The monoisotopic (exact) mass is 243 g/mol. The predicted molar refractivity (Wildman–Crippen MR) is 60.8 cm³/mol. The fourth-order valence-corrected chi connectivity index (χ4v) is 1.45. The van der Waals surface area contributed by atoms with Gasteiger partial charge in [-0.05, 0) is 30.5 Å². The predicted octanol–water partition coefficient (Wildman–Crippen LogP) is 4.25. The lowest BCUT2D eigenvalue weighted by molar-refractivity contribution is -0.274. The third-order valence-corrected chi connectivity index (χ3v) is 2.41. The van der Waals surface area contributed by atoms with Crippen molar-refractivity contribution in [2.45, 2.75) is 25.6 Å². The molecule has 0 aliphatic carbocycles. The first kappa shape index (κ1) is 13.6. The molecule has 1 rings (SSSR count). The Labute approximate surface area is 98.9 Å². The van der Waals surface area contributed by atoms with E-state index in [1.54, 1.807) is 25.1 Å². The maximum absolute atomic E-state index is 12.2. The maximum Gasteiger partial charge on any atom is 0.573 e. The zero-order chi connectivity index (χ0) is 13.1. The van der Waals surface area contributed by atoms with Crippen LogP contribution in [0.15, 0.2) is 30.9 Å². The van der Waals surface area contributed by atoms with E-state index < -0.39 is 6.36 Å². The van der Waals surface area contributed by atoms with Crippen molar-refractivity contribution in [2.24, 2.45) is 0 Å². The summed E-state index contributed by atoms with van der Waals surface area (Å²) in [6.07, 6.45) is -2.63. The Morgan fingerprint density at radius 3 is 2.53 bits per heavy atom. The van der Waals surface area contributed by atoms with Crippen LogP contribution in [0.4, 0.5) is 13.2 Å². The summed E-state index contributed by atoms with van der Waals surface area (Å²) in [5.74, 6) is -0.413. The van der Waals surface area contributed by atoms with Gasteiger partial charge >= 0.3 is 6.36 Å². The van der Waals surface area contributed by atoms with Crippen LogP contribution in [0.2, 0.25) is 0 Å². The molecule has 1 unspecified atom stereocenters. The van der Waals surface area contributed by atoms with Crippen molar-refractivity contribution in [3.63, 3.8) is 0 Å². The highest BCUT2D eigenvalue weighted by atomic mass is 19.4. The molecule has 0 aromatic heterocycles. The number of allylic oxidation sites excluding steroid dienone is 1. The summed E-state index contributed by atoms with van der Waals surface area (Å²) >= 11 is 0. The van der Waals surface area contributed by atoms with Crippen LogP contribution >= 0.6 is 0 Å². The van der Waals surface area contributed by atoms with Crippen molar-refractivity contribution in [1.82, 2.24) is 0 Å². The molecule has 0 bridgehead atoms. The van der Waals surface area contributed by atoms with Gasteiger partial charge in [0.15, 0.2) is 0 Å². The van der Waals surface area contributed by atoms with Gasteiger partial charge in [-0.1, -0.05) is 25.1 Å². The van der Waals surface area contributed by atoms with E-state index >= 15 is 0 Å². The van der Waals surface area contributed by atoms with Crippen molar-refractivity contribution in [1.29, 1.82) is 0 Å². The molecular formula is C13H14F3O. The molecule has 0 saturated carbocycles. The summed E-state index contributed by atoms with van der Waals surface area (Å²) in [5, 5.41) is 0. The smallest absolute Gasteiger partial charge is 0.405 e. The number of halogens is 3. The van der Waals surface area contributed by atoms with Gasteiger partial charge in [-0.3, -0.25) is 0 Å². The van der Waals surface area contributed by atoms with E-state index in [-0.39, 0.29) is 11.7 Å². The fourth-order valence-electron chi connectivity index (χ4n) is 1.45. The molecule has 1 radical (unpaired) electrons. The van der Waals surface area contributed by atoms with Gasteiger partial charge < -0.3 is 4.74 Å². The lowest BCUT2D eigenvalue weighted by Crippen LogP contribution is -2.18. The first-order valence-electron chi connectivity index (χ1n) is 5.21. The summed E-state index contributed by atoms with van der Waals surface area (Å²) in [6.45, 7) is 9.09. The molecule has 0 fully saturated rings. The Bertz CT molecular complexity index is 396. The summed E-state index contributed by atoms with van der Waals surface area (Å²) in [6, 6.07) is 4.73. The molecule has 0 aliphatic heterocycles. The van der Waals surface area contributed by atoms with Gasteiger partial charge in [0.25, 0.3) is 0 Å². The molecule has 17 heavy (non-hydrogen) atoms. The van der Waals surface area contributed by atoms with Gasteiger partial charge in [0.2, 0.25) is 0 Å². The largest absolute Gasteiger partial charge is 0.573 e. The molecule has 0 heterocycles. The lowest BCUT2D eigenvalue weighted by atomic mass is 9.98. The van der Waals surface area contributed by atoms with Crippen molar-refractivity contribution in [2.75, 3.05) is 0 Å². The molecule has 0 spiro atoms. The fraction of sp³-hybridized carbons (Fsp3) is 0.308. The van der Waals surface area contributed by atoms with Gasteiger partial charge in [0.1, 0.15) is 5.75 Å². The van der Waals surface area contributed by atoms with Gasteiger partial charge in [-0.2, -0.15) is 0 Å². The average Bonchev–Trinajstić information content (AvgIpc) is 2.25. The number of aryl methyl sites for hydroxylation is 1. The molecule has 1 aromatic carbocycles. The van der Waals surface area contributed by atoms with Gasteiger partial charge in [0.05, 0.1) is 0 Å². The van der Waals surface area contributed by atoms with Crippen LogP contribution in [0.1, 0.15) is 24.0 Å². The summed E-state index contributed by atoms with van der Waals surface area (Å²) < 4.78 is 40.6. The van der Waals surface area contributed by atoms with Crippen molar-refractivity contribution in [3.05, 3.63) is 48.9 Å². The van der Waals surface area contributed by atoms with Crippen LogP contribution in [0.3, 0.4) is 0 Å². The van der Waals surface area contributed by atoms with E-state index in [0.29, 0.717) is 17.5 Å². The SMILES string of the molecule is [CH2]C(C=C)c1ccc(CC)c(OC(F)(F)F)c1. The van der Waals surface area contributed by atoms with Gasteiger partial charge in [-0.15, -0.1) is 19.8 Å². The van der Waals surface area contributed by atoms with E-state index in [9.17, 15) is 13.2 Å². The quantitative estimate of drug-likeness (QED) is 0.718. The third kappa shape index (κ3) is 3.80. The van der Waals surface area contributed by atoms with Gasteiger partial charge in [-0.25, -0.2) is 0 Å². The molecule has 0 amide bonds. The highest BCUT2D eigenvalue weighted by Gasteiger charge is 2.32. The van der Waals surface area contributed by atoms with Gasteiger partial charge in [0, 0.05) is 5.92 Å². The summed E-state index contributed by atoms with van der Waals surface area (Å²) in [5.41, 5.74) is 1.17. The molecule has 0 saturated heterocycles. The van der Waals surface area contributed by atoms with Crippen LogP contribution in [0.5, 0.6) is 5.75 Å². The zero-order valence-electron chi connectivity index (χ0n) is 9.55. The molecule has 4 heteroatoms. The van der Waals surface area contributed by atoms with Crippen LogP contribution in [0, 0.1) is 6.92 Å².